The summed E-state index contributed by atoms with van der Waals surface area (Å²) in [6.45, 7) is 0.492. The molecule has 6 nitrogen and oxygen atoms in total. The van der Waals surface area contributed by atoms with Crippen molar-refractivity contribution >= 4 is 44.4 Å². The van der Waals surface area contributed by atoms with E-state index in [2.05, 4.69) is 26.2 Å². The number of likely N-dealkylation sites (tertiary alicyclic amines) is 1. The zero-order valence-corrected chi connectivity index (χ0v) is 17.8. The van der Waals surface area contributed by atoms with Crippen LogP contribution >= 0.6 is 27.3 Å². The van der Waals surface area contributed by atoms with E-state index < -0.39 is 12.1 Å². The lowest BCUT2D eigenvalue weighted by Crippen LogP contribution is -2.44. The summed E-state index contributed by atoms with van der Waals surface area (Å²) in [6.07, 6.45) is 0.841. The molecule has 8 heteroatoms. The zero-order chi connectivity index (χ0) is 20.2. The maximum atomic E-state index is 12.8. The Morgan fingerprint density at radius 3 is 2.66 bits per heavy atom. The number of hydrogen-bond acceptors (Lipinski definition) is 5. The number of benzene rings is 2. The third-order valence-corrected chi connectivity index (χ3v) is 5.90. The number of aromatic nitrogens is 1. The van der Waals surface area contributed by atoms with Gasteiger partial charge < -0.3 is 10.1 Å². The molecule has 0 bridgehead atoms. The van der Waals surface area contributed by atoms with E-state index in [9.17, 15) is 9.59 Å². The summed E-state index contributed by atoms with van der Waals surface area (Å²) in [4.78, 5) is 31.3. The molecule has 2 heterocycles. The number of nitrogens with one attached hydrogen (secondary N) is 1. The van der Waals surface area contributed by atoms with E-state index in [1.807, 2.05) is 35.7 Å². The minimum absolute atomic E-state index is 0.246. The fourth-order valence-corrected chi connectivity index (χ4v) is 4.17. The van der Waals surface area contributed by atoms with Gasteiger partial charge in [-0.1, -0.05) is 46.3 Å². The third-order valence-electron chi connectivity index (χ3n) is 4.61. The average Bonchev–Trinajstić information content (AvgIpc) is 3.39. The number of thiazole rings is 1. The SMILES string of the molecule is O=C(Nc1nc(-c2ccc(Br)cc2)cs1)[C@H]1CCCN1C(=O)Oc1ccccc1. The predicted molar refractivity (Wildman–Crippen MR) is 116 cm³/mol. The van der Waals surface area contributed by atoms with Gasteiger partial charge in [0.2, 0.25) is 5.91 Å². The molecule has 3 aromatic rings. The van der Waals surface area contributed by atoms with Crippen molar-refractivity contribution in [3.05, 3.63) is 64.5 Å². The first kappa shape index (κ1) is 19.6. The summed E-state index contributed by atoms with van der Waals surface area (Å²) in [7, 11) is 0. The van der Waals surface area contributed by atoms with E-state index in [0.717, 1.165) is 22.2 Å². The molecule has 0 spiro atoms. The summed E-state index contributed by atoms with van der Waals surface area (Å²) in [6, 6.07) is 16.1. The van der Waals surface area contributed by atoms with Gasteiger partial charge in [0.15, 0.2) is 5.13 Å². The van der Waals surface area contributed by atoms with Gasteiger partial charge in [0.1, 0.15) is 11.8 Å². The molecule has 1 aliphatic heterocycles. The van der Waals surface area contributed by atoms with Crippen molar-refractivity contribution in [3.8, 4) is 17.0 Å². The van der Waals surface area contributed by atoms with Crippen molar-refractivity contribution in [3.63, 3.8) is 0 Å². The molecule has 0 aliphatic carbocycles. The summed E-state index contributed by atoms with van der Waals surface area (Å²) in [5, 5.41) is 5.25. The lowest BCUT2D eigenvalue weighted by Gasteiger charge is -2.22. The Morgan fingerprint density at radius 2 is 1.90 bits per heavy atom. The summed E-state index contributed by atoms with van der Waals surface area (Å²) >= 11 is 4.77. The molecule has 4 rings (SSSR count). The maximum Gasteiger partial charge on any atom is 0.415 e. The van der Waals surface area contributed by atoms with Crippen molar-refractivity contribution in [1.29, 1.82) is 0 Å². The molecule has 29 heavy (non-hydrogen) atoms. The highest BCUT2D eigenvalue weighted by atomic mass is 79.9. The van der Waals surface area contributed by atoms with Crippen LogP contribution in [0, 0.1) is 0 Å². The molecule has 1 aliphatic rings. The van der Waals surface area contributed by atoms with E-state index in [-0.39, 0.29) is 5.91 Å². The molecule has 2 aromatic carbocycles. The quantitative estimate of drug-likeness (QED) is 0.569. The Morgan fingerprint density at radius 1 is 1.14 bits per heavy atom. The zero-order valence-electron chi connectivity index (χ0n) is 15.4. The van der Waals surface area contributed by atoms with Crippen LogP contribution in [0.25, 0.3) is 11.3 Å². The van der Waals surface area contributed by atoms with Gasteiger partial charge in [-0.15, -0.1) is 11.3 Å². The Labute approximate surface area is 180 Å². The molecule has 0 saturated carbocycles. The number of carbonyl (C=O) groups excluding carboxylic acids is 2. The first-order valence-electron chi connectivity index (χ1n) is 9.16. The number of halogens is 1. The second-order valence-corrected chi connectivity index (χ2v) is 8.34. The number of rotatable bonds is 4. The smallest absolute Gasteiger partial charge is 0.410 e. The Bertz CT molecular complexity index is 1010. The van der Waals surface area contributed by atoms with Crippen LogP contribution in [-0.4, -0.2) is 34.5 Å². The number of hydrogen-bond donors (Lipinski definition) is 1. The fraction of sp³-hybridized carbons (Fsp3) is 0.190. The largest absolute Gasteiger partial charge is 0.415 e. The highest BCUT2D eigenvalue weighted by molar-refractivity contribution is 9.10. The lowest BCUT2D eigenvalue weighted by molar-refractivity contribution is -0.119. The van der Waals surface area contributed by atoms with Gasteiger partial charge in [-0.3, -0.25) is 9.69 Å². The van der Waals surface area contributed by atoms with E-state index in [1.54, 1.807) is 24.3 Å². The molecule has 1 aromatic heterocycles. The van der Waals surface area contributed by atoms with Crippen LogP contribution in [0.4, 0.5) is 9.93 Å². The summed E-state index contributed by atoms with van der Waals surface area (Å²) in [5.74, 6) is 0.215. The Balaban J connectivity index is 1.41. The minimum atomic E-state index is -0.564. The van der Waals surface area contributed by atoms with Crippen molar-refractivity contribution in [2.75, 3.05) is 11.9 Å². The van der Waals surface area contributed by atoms with Crippen LogP contribution in [-0.2, 0) is 4.79 Å². The van der Waals surface area contributed by atoms with Crippen LogP contribution in [0.5, 0.6) is 5.75 Å². The Hall–Kier alpha value is -2.71. The average molecular weight is 472 g/mol. The van der Waals surface area contributed by atoms with Gasteiger partial charge in [-0.25, -0.2) is 9.78 Å². The minimum Gasteiger partial charge on any atom is -0.410 e. The number of para-hydroxylation sites is 1. The van der Waals surface area contributed by atoms with Crippen LogP contribution in [0.3, 0.4) is 0 Å². The van der Waals surface area contributed by atoms with Gasteiger partial charge in [0, 0.05) is 22.0 Å². The van der Waals surface area contributed by atoms with Gasteiger partial charge in [-0.05, 0) is 37.1 Å². The van der Waals surface area contributed by atoms with Crippen LogP contribution in [0.1, 0.15) is 12.8 Å². The fourth-order valence-electron chi connectivity index (χ4n) is 3.18. The Kier molecular flexibility index (Phi) is 5.92. The molecule has 0 unspecified atom stereocenters. The number of amides is 2. The molecule has 2 amide bonds. The molecular formula is C21H18BrN3O3S. The van der Waals surface area contributed by atoms with E-state index in [4.69, 9.17) is 4.74 Å². The first-order valence-corrected chi connectivity index (χ1v) is 10.8. The van der Waals surface area contributed by atoms with Crippen molar-refractivity contribution in [2.24, 2.45) is 0 Å². The maximum absolute atomic E-state index is 12.8. The van der Waals surface area contributed by atoms with Gasteiger partial charge in [0.25, 0.3) is 0 Å². The number of ether oxygens (including phenoxy) is 1. The van der Waals surface area contributed by atoms with Crippen LogP contribution in [0.2, 0.25) is 0 Å². The molecular weight excluding hydrogens is 454 g/mol. The summed E-state index contributed by atoms with van der Waals surface area (Å²) < 4.78 is 6.38. The highest BCUT2D eigenvalue weighted by Crippen LogP contribution is 2.27. The lowest BCUT2D eigenvalue weighted by atomic mass is 10.2. The summed E-state index contributed by atoms with van der Waals surface area (Å²) in [5.41, 5.74) is 1.77. The molecule has 1 saturated heterocycles. The second kappa shape index (κ2) is 8.75. The molecule has 148 valence electrons. The van der Waals surface area contributed by atoms with Gasteiger partial charge in [0.05, 0.1) is 5.69 Å². The van der Waals surface area contributed by atoms with E-state index in [1.165, 1.54) is 16.2 Å². The van der Waals surface area contributed by atoms with E-state index in [0.29, 0.717) is 23.8 Å². The topological polar surface area (TPSA) is 71.5 Å². The predicted octanol–water partition coefficient (Wildman–Crippen LogP) is 5.17. The third kappa shape index (κ3) is 4.65. The van der Waals surface area contributed by atoms with Crippen LogP contribution in [0.15, 0.2) is 64.5 Å². The molecule has 1 fully saturated rings. The van der Waals surface area contributed by atoms with Crippen LogP contribution < -0.4 is 10.1 Å². The number of nitrogens with zero attached hydrogens (tertiary/aromatic N) is 2. The van der Waals surface area contributed by atoms with Gasteiger partial charge >= 0.3 is 6.09 Å². The normalized spacial score (nSPS) is 15.9. The van der Waals surface area contributed by atoms with Crippen molar-refractivity contribution in [1.82, 2.24) is 9.88 Å². The van der Waals surface area contributed by atoms with Gasteiger partial charge in [-0.2, -0.15) is 0 Å². The standard InChI is InChI=1S/C21H18BrN3O3S/c22-15-10-8-14(9-11-15)17-13-29-20(23-17)24-19(26)18-7-4-12-25(18)21(27)28-16-5-2-1-3-6-16/h1-3,5-6,8-11,13,18H,4,7,12H2,(H,23,24,26)/t18-/m1/s1. The highest BCUT2D eigenvalue weighted by Gasteiger charge is 2.35. The molecule has 1 atom stereocenters. The van der Waals surface area contributed by atoms with E-state index >= 15 is 0 Å². The van der Waals surface area contributed by atoms with Crippen molar-refractivity contribution < 1.29 is 14.3 Å². The first-order chi connectivity index (χ1) is 14.1. The second-order valence-electron chi connectivity index (χ2n) is 6.57. The number of carbonyl (C=O) groups is 2. The molecule has 0 radical (unpaired) electrons. The number of anilines is 1. The molecule has 1 N–H and O–H groups in total. The van der Waals surface area contributed by atoms with Crippen molar-refractivity contribution in [2.45, 2.75) is 18.9 Å². The monoisotopic (exact) mass is 471 g/mol.